The number of ether oxygens (including phenoxy) is 1. The van der Waals surface area contributed by atoms with Gasteiger partial charge in [0.25, 0.3) is 10.0 Å². The van der Waals surface area contributed by atoms with E-state index in [4.69, 9.17) is 9.84 Å². The zero-order valence-corrected chi connectivity index (χ0v) is 22.6. The van der Waals surface area contributed by atoms with Gasteiger partial charge >= 0.3 is 5.97 Å². The lowest BCUT2D eigenvalue weighted by atomic mass is 9.80. The lowest BCUT2D eigenvalue weighted by Crippen LogP contribution is -2.15. The van der Waals surface area contributed by atoms with Crippen molar-refractivity contribution in [2.75, 3.05) is 11.8 Å². The summed E-state index contributed by atoms with van der Waals surface area (Å²) in [5.41, 5.74) is 1.16. The molecule has 0 aliphatic heterocycles. The summed E-state index contributed by atoms with van der Waals surface area (Å²) >= 11 is 0. The molecule has 2 fully saturated rings. The molecule has 2 aliphatic carbocycles. The largest absolute Gasteiger partial charge is 0.495 e. The van der Waals surface area contributed by atoms with E-state index in [0.29, 0.717) is 5.92 Å². The van der Waals surface area contributed by atoms with E-state index in [9.17, 15) is 13.2 Å². The Morgan fingerprint density at radius 3 is 2.14 bits per heavy atom. The number of carboxylic acid groups (broad SMARTS) is 1. The third kappa shape index (κ3) is 7.24. The van der Waals surface area contributed by atoms with Gasteiger partial charge < -0.3 is 9.84 Å². The van der Waals surface area contributed by atoms with Crippen LogP contribution < -0.4 is 9.46 Å². The first-order valence-corrected chi connectivity index (χ1v) is 15.3. The minimum Gasteiger partial charge on any atom is -0.495 e. The lowest BCUT2D eigenvalue weighted by Gasteiger charge is -2.26. The maximum Gasteiger partial charge on any atom is 0.335 e. The Labute approximate surface area is 221 Å². The van der Waals surface area contributed by atoms with E-state index in [1.807, 2.05) is 6.07 Å². The van der Waals surface area contributed by atoms with Crippen LogP contribution in [0.15, 0.2) is 41.4 Å². The van der Waals surface area contributed by atoms with Crippen molar-refractivity contribution in [2.24, 2.45) is 11.8 Å². The number of hydrogen-bond donors (Lipinski definition) is 2. The highest BCUT2D eigenvalue weighted by molar-refractivity contribution is 7.92. The van der Waals surface area contributed by atoms with Gasteiger partial charge in [0.05, 0.1) is 18.4 Å². The molecular formula is C29H40N2O5S. The number of rotatable bonds is 7. The third-order valence-corrected chi connectivity index (χ3v) is 9.60. The van der Waals surface area contributed by atoms with E-state index in [2.05, 4.69) is 9.71 Å². The first-order chi connectivity index (χ1) is 17.9. The van der Waals surface area contributed by atoms with E-state index in [-0.39, 0.29) is 21.9 Å². The molecule has 1 aromatic heterocycles. The van der Waals surface area contributed by atoms with Crippen molar-refractivity contribution < 1.29 is 23.1 Å². The van der Waals surface area contributed by atoms with Gasteiger partial charge in [-0.3, -0.25) is 9.71 Å². The monoisotopic (exact) mass is 528 g/mol. The Morgan fingerprint density at radius 2 is 1.51 bits per heavy atom. The number of nitrogens with zero attached hydrogens (tertiary/aromatic N) is 1. The number of aromatic nitrogens is 1. The van der Waals surface area contributed by atoms with Crippen LogP contribution in [0.2, 0.25) is 0 Å². The van der Waals surface area contributed by atoms with E-state index in [1.165, 1.54) is 102 Å². The molecule has 2 saturated carbocycles. The van der Waals surface area contributed by atoms with Crippen molar-refractivity contribution in [1.82, 2.24) is 4.98 Å². The van der Waals surface area contributed by atoms with Crippen LogP contribution in [-0.4, -0.2) is 31.6 Å². The summed E-state index contributed by atoms with van der Waals surface area (Å²) in [7, 11) is -2.54. The normalized spacial score (nSPS) is 22.2. The standard InChI is InChI=1S/C29H40N2O5S/c1-36-28-19-24(29(32)33)15-17-27(28)31-37(34,35)25-16-18-26(30-20-25)23-12-7-6-11-22(13-8-14-23)21-9-4-2-3-5-10-21/h15-23,31H,2-14H2,1H3,(H,32,33). The fourth-order valence-corrected chi connectivity index (χ4v) is 7.18. The van der Waals surface area contributed by atoms with Crippen molar-refractivity contribution >= 4 is 21.7 Å². The van der Waals surface area contributed by atoms with E-state index >= 15 is 0 Å². The molecule has 0 bridgehead atoms. The Kier molecular flexibility index (Phi) is 9.46. The molecule has 2 N–H and O–H groups in total. The molecule has 2 aromatic rings. The van der Waals surface area contributed by atoms with Gasteiger partial charge in [0.2, 0.25) is 0 Å². The molecule has 0 saturated heterocycles. The quantitative estimate of drug-likeness (QED) is 0.375. The Balaban J connectivity index is 1.40. The number of sulfonamides is 1. The number of nitrogens with one attached hydrogen (secondary N) is 1. The number of aromatic carboxylic acids is 1. The van der Waals surface area contributed by atoms with Crippen molar-refractivity contribution in [3.63, 3.8) is 0 Å². The van der Waals surface area contributed by atoms with Gasteiger partial charge in [-0.05, 0) is 55.0 Å². The Bertz CT molecular complexity index is 1140. The minimum absolute atomic E-state index is 0.0152. The zero-order valence-electron chi connectivity index (χ0n) is 21.8. The smallest absolute Gasteiger partial charge is 0.335 e. The fourth-order valence-electron chi connectivity index (χ4n) is 6.17. The molecule has 2 unspecified atom stereocenters. The molecule has 1 aromatic carbocycles. The summed E-state index contributed by atoms with van der Waals surface area (Å²) in [4.78, 5) is 15.9. The van der Waals surface area contributed by atoms with Gasteiger partial charge in [0, 0.05) is 17.8 Å². The van der Waals surface area contributed by atoms with Crippen LogP contribution in [0.1, 0.15) is 105 Å². The number of pyridine rings is 1. The van der Waals surface area contributed by atoms with Crippen molar-refractivity contribution in [3.8, 4) is 5.75 Å². The highest BCUT2D eigenvalue weighted by Gasteiger charge is 2.25. The van der Waals surface area contributed by atoms with Crippen molar-refractivity contribution in [1.29, 1.82) is 0 Å². The number of anilines is 1. The average Bonchev–Trinajstić information content (AvgIpc) is 3.11. The van der Waals surface area contributed by atoms with Crippen molar-refractivity contribution in [2.45, 2.75) is 94.3 Å². The number of carbonyl (C=O) groups is 1. The first-order valence-electron chi connectivity index (χ1n) is 13.8. The van der Waals surface area contributed by atoms with Crippen LogP contribution in [0.4, 0.5) is 5.69 Å². The molecule has 4 rings (SSSR count). The summed E-state index contributed by atoms with van der Waals surface area (Å²) in [6, 6.07) is 7.48. The number of carboxylic acids is 1. The van der Waals surface area contributed by atoms with Gasteiger partial charge in [0.15, 0.2) is 0 Å². The maximum absolute atomic E-state index is 13.0. The average molecular weight is 529 g/mol. The Morgan fingerprint density at radius 1 is 0.892 bits per heavy atom. The van der Waals surface area contributed by atoms with Crippen LogP contribution >= 0.6 is 0 Å². The molecule has 0 spiro atoms. The molecule has 7 nitrogen and oxygen atoms in total. The highest BCUT2D eigenvalue weighted by atomic mass is 32.2. The fraction of sp³-hybridized carbons (Fsp3) is 0.586. The summed E-state index contributed by atoms with van der Waals surface area (Å²) in [5, 5.41) is 9.17. The lowest BCUT2D eigenvalue weighted by molar-refractivity contribution is 0.0696. The summed E-state index contributed by atoms with van der Waals surface area (Å²) in [5.74, 6) is 1.16. The van der Waals surface area contributed by atoms with Gasteiger partial charge in [-0.2, -0.15) is 0 Å². The van der Waals surface area contributed by atoms with Gasteiger partial charge in [-0.15, -0.1) is 0 Å². The van der Waals surface area contributed by atoms with E-state index < -0.39 is 16.0 Å². The third-order valence-electron chi connectivity index (χ3n) is 8.25. The van der Waals surface area contributed by atoms with Gasteiger partial charge in [0.1, 0.15) is 10.6 Å². The van der Waals surface area contributed by atoms with Crippen LogP contribution in [-0.2, 0) is 10.0 Å². The molecule has 8 heteroatoms. The maximum atomic E-state index is 13.0. The van der Waals surface area contributed by atoms with Crippen LogP contribution in [0, 0.1) is 11.8 Å². The van der Waals surface area contributed by atoms with Gasteiger partial charge in [-0.1, -0.05) is 70.6 Å². The van der Waals surface area contributed by atoms with Crippen LogP contribution in [0.3, 0.4) is 0 Å². The molecule has 0 radical (unpaired) electrons. The predicted molar refractivity (Wildman–Crippen MR) is 145 cm³/mol. The SMILES string of the molecule is COc1cc(C(=O)O)ccc1NS(=O)(=O)c1ccc(C2CCCCC(C3CCCCCC3)CCC2)nc1. The predicted octanol–water partition coefficient (Wildman–Crippen LogP) is 7.00. The van der Waals surface area contributed by atoms with Crippen molar-refractivity contribution in [3.05, 3.63) is 47.8 Å². The number of benzene rings is 1. The topological polar surface area (TPSA) is 106 Å². The molecule has 2 atom stereocenters. The molecule has 0 amide bonds. The Hall–Kier alpha value is -2.61. The summed E-state index contributed by atoms with van der Waals surface area (Å²) in [6.45, 7) is 0. The van der Waals surface area contributed by atoms with E-state index in [1.54, 1.807) is 6.07 Å². The molecule has 2 aliphatic rings. The van der Waals surface area contributed by atoms with Crippen LogP contribution in [0.5, 0.6) is 5.75 Å². The highest BCUT2D eigenvalue weighted by Crippen LogP contribution is 2.38. The molecule has 202 valence electrons. The summed E-state index contributed by atoms with van der Waals surface area (Å²) in [6.07, 6.45) is 18.4. The molecular weight excluding hydrogens is 488 g/mol. The zero-order chi connectivity index (χ0) is 26.3. The van der Waals surface area contributed by atoms with Gasteiger partial charge in [-0.25, -0.2) is 13.2 Å². The number of hydrogen-bond acceptors (Lipinski definition) is 5. The second-order valence-corrected chi connectivity index (χ2v) is 12.4. The second-order valence-electron chi connectivity index (χ2n) is 10.7. The molecule has 1 heterocycles. The van der Waals surface area contributed by atoms with Crippen LogP contribution in [0.25, 0.3) is 0 Å². The number of methoxy groups -OCH3 is 1. The molecule has 37 heavy (non-hydrogen) atoms. The second kappa shape index (κ2) is 12.8. The summed E-state index contributed by atoms with van der Waals surface area (Å²) < 4.78 is 33.7. The first kappa shape index (κ1) is 27.4. The van der Waals surface area contributed by atoms with E-state index in [0.717, 1.165) is 30.4 Å². The minimum atomic E-state index is -3.91.